The van der Waals surface area contributed by atoms with Gasteiger partial charge >= 0.3 is 5.97 Å². The van der Waals surface area contributed by atoms with Crippen LogP contribution in [0.25, 0.3) is 0 Å². The number of amides is 1. The van der Waals surface area contributed by atoms with Gasteiger partial charge in [-0.3, -0.25) is 14.9 Å². The number of benzene rings is 2. The lowest BCUT2D eigenvalue weighted by Gasteiger charge is -2.12. The van der Waals surface area contributed by atoms with Gasteiger partial charge in [-0.1, -0.05) is 0 Å². The number of anilines is 1. The molecule has 0 fully saturated rings. The Balaban J connectivity index is 2.01. The van der Waals surface area contributed by atoms with E-state index in [1.54, 1.807) is 12.1 Å². The number of hydrogen-bond donors (Lipinski definition) is 1. The number of esters is 1. The van der Waals surface area contributed by atoms with Crippen molar-refractivity contribution >= 4 is 23.3 Å². The highest BCUT2D eigenvalue weighted by atomic mass is 16.6. The molecule has 0 aliphatic rings. The second-order valence-corrected chi connectivity index (χ2v) is 5.93. The molecule has 2 aromatic rings. The molecule has 0 bridgehead atoms. The summed E-state index contributed by atoms with van der Waals surface area (Å²) in [5.41, 5.74) is 0.950. The van der Waals surface area contributed by atoms with E-state index < -0.39 is 23.4 Å². The van der Waals surface area contributed by atoms with Gasteiger partial charge in [0, 0.05) is 18.2 Å². The Labute approximate surface area is 172 Å². The summed E-state index contributed by atoms with van der Waals surface area (Å²) in [7, 11) is 2.83. The predicted molar refractivity (Wildman–Crippen MR) is 107 cm³/mol. The van der Waals surface area contributed by atoms with E-state index in [0.717, 1.165) is 0 Å². The fourth-order valence-electron chi connectivity index (χ4n) is 2.53. The minimum Gasteiger partial charge on any atom is -0.496 e. The van der Waals surface area contributed by atoms with Crippen LogP contribution in [-0.4, -0.2) is 44.2 Å². The molecule has 160 valence electrons. The number of hydrogen-bond acceptors (Lipinski definition) is 8. The normalized spacial score (nSPS) is 10.2. The molecule has 1 amide bonds. The molecule has 0 heterocycles. The minimum atomic E-state index is -0.693. The predicted octanol–water partition coefficient (Wildman–Crippen LogP) is 2.94. The van der Waals surface area contributed by atoms with Crippen molar-refractivity contribution in [3.63, 3.8) is 0 Å². The third-order valence-electron chi connectivity index (χ3n) is 3.98. The number of methoxy groups -OCH3 is 2. The fourth-order valence-corrected chi connectivity index (χ4v) is 2.53. The van der Waals surface area contributed by atoms with Crippen molar-refractivity contribution in [2.75, 3.05) is 32.8 Å². The van der Waals surface area contributed by atoms with Gasteiger partial charge in [0.1, 0.15) is 11.5 Å². The van der Waals surface area contributed by atoms with Crippen LogP contribution >= 0.6 is 0 Å². The topological polar surface area (TPSA) is 126 Å². The van der Waals surface area contributed by atoms with Crippen molar-refractivity contribution in [1.29, 1.82) is 0 Å². The number of rotatable bonds is 10. The van der Waals surface area contributed by atoms with E-state index in [0.29, 0.717) is 17.9 Å². The first-order valence-corrected chi connectivity index (χ1v) is 8.93. The van der Waals surface area contributed by atoms with Crippen molar-refractivity contribution in [2.45, 2.75) is 13.5 Å². The molecule has 0 unspecified atom stereocenters. The number of non-ortho nitro benzene ring substituents is 1. The van der Waals surface area contributed by atoms with Gasteiger partial charge in [-0.25, -0.2) is 4.79 Å². The molecule has 0 spiro atoms. The van der Waals surface area contributed by atoms with Crippen LogP contribution in [0.3, 0.4) is 0 Å². The maximum absolute atomic E-state index is 12.3. The molecule has 1 N–H and O–H groups in total. The average Bonchev–Trinajstić information content (AvgIpc) is 2.75. The molecule has 2 rings (SSSR count). The Morgan fingerprint density at radius 3 is 2.43 bits per heavy atom. The first-order valence-electron chi connectivity index (χ1n) is 8.93. The van der Waals surface area contributed by atoms with Gasteiger partial charge in [0.2, 0.25) is 0 Å². The van der Waals surface area contributed by atoms with E-state index in [-0.39, 0.29) is 29.3 Å². The molecule has 0 radical (unpaired) electrons. The van der Waals surface area contributed by atoms with Crippen molar-refractivity contribution in [3.05, 3.63) is 57.6 Å². The zero-order valence-electron chi connectivity index (χ0n) is 16.8. The van der Waals surface area contributed by atoms with Crippen LogP contribution in [0, 0.1) is 10.1 Å². The van der Waals surface area contributed by atoms with Crippen LogP contribution in [0.2, 0.25) is 0 Å². The summed E-state index contributed by atoms with van der Waals surface area (Å²) in [4.78, 5) is 34.7. The third kappa shape index (κ3) is 5.92. The van der Waals surface area contributed by atoms with Crippen LogP contribution in [0.15, 0.2) is 36.4 Å². The zero-order chi connectivity index (χ0) is 22.1. The van der Waals surface area contributed by atoms with Gasteiger partial charge in [0.15, 0.2) is 6.61 Å². The quantitative estimate of drug-likeness (QED) is 0.354. The molecule has 0 aliphatic heterocycles. The van der Waals surface area contributed by atoms with Gasteiger partial charge in [-0.2, -0.15) is 0 Å². The average molecular weight is 418 g/mol. The van der Waals surface area contributed by atoms with Gasteiger partial charge in [-0.15, -0.1) is 0 Å². The summed E-state index contributed by atoms with van der Waals surface area (Å²) in [5.74, 6) is -0.637. The van der Waals surface area contributed by atoms with Gasteiger partial charge in [0.25, 0.3) is 11.6 Å². The van der Waals surface area contributed by atoms with Gasteiger partial charge in [-0.05, 0) is 31.2 Å². The fraction of sp³-hybridized carbons (Fsp3) is 0.300. The summed E-state index contributed by atoms with van der Waals surface area (Å²) in [6.07, 6.45) is 0. The number of nitrogens with zero attached hydrogens (tertiary/aromatic N) is 1. The summed E-state index contributed by atoms with van der Waals surface area (Å²) < 4.78 is 20.7. The Morgan fingerprint density at radius 2 is 1.80 bits per heavy atom. The van der Waals surface area contributed by atoms with Crippen LogP contribution in [0.1, 0.15) is 22.8 Å². The van der Waals surface area contributed by atoms with E-state index in [2.05, 4.69) is 5.32 Å². The molecule has 0 aliphatic carbocycles. The second-order valence-electron chi connectivity index (χ2n) is 5.93. The summed E-state index contributed by atoms with van der Waals surface area (Å²) in [6.45, 7) is 2.07. The lowest BCUT2D eigenvalue weighted by molar-refractivity contribution is -0.384. The second kappa shape index (κ2) is 10.8. The van der Waals surface area contributed by atoms with Crippen molar-refractivity contribution < 1.29 is 33.5 Å². The molecule has 0 atom stereocenters. The Morgan fingerprint density at radius 1 is 1.07 bits per heavy atom. The lowest BCUT2D eigenvalue weighted by Crippen LogP contribution is -2.21. The molecule has 10 heteroatoms. The Kier molecular flexibility index (Phi) is 8.12. The number of nitro benzene ring substituents is 1. The summed E-state index contributed by atoms with van der Waals surface area (Å²) in [5, 5.41) is 13.3. The Bertz CT molecular complexity index is 929. The highest BCUT2D eigenvalue weighted by Gasteiger charge is 2.16. The summed E-state index contributed by atoms with van der Waals surface area (Å²) in [6, 6.07) is 8.45. The van der Waals surface area contributed by atoms with Crippen LogP contribution < -0.4 is 14.8 Å². The van der Waals surface area contributed by atoms with E-state index >= 15 is 0 Å². The number of carbonyl (C=O) groups is 2. The molecule has 0 aromatic heterocycles. The molecular formula is C20H22N2O8. The Hall–Kier alpha value is -3.66. The standard InChI is InChI=1S/C20H22N2O8/c1-4-29-11-14-9-13(5-8-17(14)27-2)20(24)30-12-19(23)21-16-7-6-15(22(25)26)10-18(16)28-3/h5-10H,4,11-12H2,1-3H3,(H,21,23). The van der Waals surface area contributed by atoms with Gasteiger partial charge in [0.05, 0.1) is 43.1 Å². The van der Waals surface area contributed by atoms with Gasteiger partial charge < -0.3 is 24.3 Å². The lowest BCUT2D eigenvalue weighted by atomic mass is 10.1. The van der Waals surface area contributed by atoms with Crippen LogP contribution in [0.5, 0.6) is 11.5 Å². The van der Waals surface area contributed by atoms with Crippen molar-refractivity contribution in [2.24, 2.45) is 0 Å². The third-order valence-corrected chi connectivity index (χ3v) is 3.98. The first-order chi connectivity index (χ1) is 14.4. The summed E-state index contributed by atoms with van der Waals surface area (Å²) >= 11 is 0. The maximum atomic E-state index is 12.3. The maximum Gasteiger partial charge on any atom is 0.338 e. The number of ether oxygens (including phenoxy) is 4. The smallest absolute Gasteiger partial charge is 0.338 e. The molecule has 30 heavy (non-hydrogen) atoms. The SMILES string of the molecule is CCOCc1cc(C(=O)OCC(=O)Nc2ccc([N+](=O)[O-])cc2OC)ccc1OC. The molecule has 10 nitrogen and oxygen atoms in total. The van der Waals surface area contributed by atoms with Crippen LogP contribution in [0.4, 0.5) is 11.4 Å². The monoisotopic (exact) mass is 418 g/mol. The van der Waals surface area contributed by atoms with Crippen LogP contribution in [-0.2, 0) is 20.9 Å². The van der Waals surface area contributed by atoms with E-state index in [4.69, 9.17) is 18.9 Å². The largest absolute Gasteiger partial charge is 0.496 e. The van der Waals surface area contributed by atoms with Crippen molar-refractivity contribution in [3.8, 4) is 11.5 Å². The highest BCUT2D eigenvalue weighted by Crippen LogP contribution is 2.29. The number of carbonyl (C=O) groups excluding carboxylic acids is 2. The zero-order valence-corrected chi connectivity index (χ0v) is 16.8. The van der Waals surface area contributed by atoms with E-state index in [1.165, 1.54) is 38.5 Å². The molecule has 0 saturated heterocycles. The molecule has 2 aromatic carbocycles. The minimum absolute atomic E-state index is 0.111. The highest BCUT2D eigenvalue weighted by molar-refractivity contribution is 5.96. The van der Waals surface area contributed by atoms with Crippen molar-refractivity contribution in [1.82, 2.24) is 0 Å². The number of nitrogens with one attached hydrogen (secondary N) is 1. The van der Waals surface area contributed by atoms with E-state index in [1.807, 2.05) is 6.92 Å². The number of nitro groups is 1. The molecular weight excluding hydrogens is 396 g/mol. The first kappa shape index (κ1) is 22.6. The van der Waals surface area contributed by atoms with E-state index in [9.17, 15) is 19.7 Å². The molecule has 0 saturated carbocycles.